The fourth-order valence-corrected chi connectivity index (χ4v) is 7.58. The van der Waals surface area contributed by atoms with E-state index in [1.807, 2.05) is 0 Å². The van der Waals surface area contributed by atoms with E-state index in [9.17, 15) is 0 Å². The summed E-state index contributed by atoms with van der Waals surface area (Å²) < 4.78 is 0. The Morgan fingerprint density at radius 2 is 0.830 bits per heavy atom. The van der Waals surface area contributed by atoms with Gasteiger partial charge >= 0.3 is 0 Å². The normalized spacial score (nSPS) is 11.6. The van der Waals surface area contributed by atoms with Crippen LogP contribution in [0.1, 0.15) is 11.1 Å². The monoisotopic (exact) mass is 599 g/mol. The summed E-state index contributed by atoms with van der Waals surface area (Å²) in [7, 11) is 0. The molecule has 9 aromatic carbocycles. The third-order valence-corrected chi connectivity index (χ3v) is 9.64. The highest BCUT2D eigenvalue weighted by Gasteiger charge is 2.23. The van der Waals surface area contributed by atoms with Crippen LogP contribution in [0.25, 0.3) is 65.0 Å². The van der Waals surface area contributed by atoms with Gasteiger partial charge in [-0.2, -0.15) is 0 Å². The van der Waals surface area contributed by atoms with Crippen molar-refractivity contribution in [3.8, 4) is 11.1 Å². The standard InChI is InChI=1S/C46H33N/c1-30-13-11-17-35(25-30)47(36-18-12-14-31(2)26-36)46-41-23-9-7-21-39(41)45(40-22-8-10-24-42(40)46)44-29-34-27-32-15-3-4-16-33(32)28-43(34)37-19-5-6-20-38(37)44/h3-29H,1-2H3. The van der Waals surface area contributed by atoms with Gasteiger partial charge in [-0.25, -0.2) is 0 Å². The Labute approximate surface area is 275 Å². The molecule has 0 bridgehead atoms. The molecule has 0 atom stereocenters. The first kappa shape index (κ1) is 27.4. The zero-order valence-electron chi connectivity index (χ0n) is 26.5. The summed E-state index contributed by atoms with van der Waals surface area (Å²) in [6.45, 7) is 4.34. The van der Waals surface area contributed by atoms with Gasteiger partial charge in [0, 0.05) is 22.1 Å². The Morgan fingerprint density at radius 1 is 0.340 bits per heavy atom. The van der Waals surface area contributed by atoms with Crippen molar-refractivity contribution in [1.29, 1.82) is 0 Å². The van der Waals surface area contributed by atoms with Gasteiger partial charge in [0.25, 0.3) is 0 Å². The third kappa shape index (κ3) is 4.47. The SMILES string of the molecule is Cc1cccc(N(c2cccc(C)c2)c2c3ccccc3c(-c3cc4cc5ccccc5cc4c4ccccc34)c3ccccc23)c1. The van der Waals surface area contributed by atoms with E-state index in [4.69, 9.17) is 0 Å². The molecule has 9 rings (SSSR count). The molecule has 0 N–H and O–H groups in total. The molecular weight excluding hydrogens is 567 g/mol. The molecule has 0 heterocycles. The third-order valence-electron chi connectivity index (χ3n) is 9.64. The minimum atomic E-state index is 1.15. The largest absolute Gasteiger partial charge is 0.309 e. The van der Waals surface area contributed by atoms with Crippen LogP contribution in [-0.4, -0.2) is 0 Å². The first-order chi connectivity index (χ1) is 23.1. The van der Waals surface area contributed by atoms with E-state index in [-0.39, 0.29) is 0 Å². The Balaban J connectivity index is 1.44. The summed E-state index contributed by atoms with van der Waals surface area (Å²) in [4.78, 5) is 2.46. The average Bonchev–Trinajstić information content (AvgIpc) is 3.11. The molecule has 0 saturated heterocycles. The lowest BCUT2D eigenvalue weighted by molar-refractivity contribution is 1.28. The van der Waals surface area contributed by atoms with Crippen LogP contribution in [0.5, 0.6) is 0 Å². The highest BCUT2D eigenvalue weighted by atomic mass is 15.1. The molecule has 1 nitrogen and oxygen atoms in total. The van der Waals surface area contributed by atoms with Gasteiger partial charge in [0.1, 0.15) is 0 Å². The van der Waals surface area contributed by atoms with E-state index in [0.29, 0.717) is 0 Å². The molecule has 0 aliphatic rings. The van der Waals surface area contributed by atoms with Crippen LogP contribution in [0.15, 0.2) is 164 Å². The lowest BCUT2D eigenvalue weighted by atomic mass is 9.86. The second-order valence-corrected chi connectivity index (χ2v) is 12.7. The summed E-state index contributed by atoms with van der Waals surface area (Å²) >= 11 is 0. The summed E-state index contributed by atoms with van der Waals surface area (Å²) in [5.74, 6) is 0. The van der Waals surface area contributed by atoms with Gasteiger partial charge < -0.3 is 4.90 Å². The molecular formula is C46H33N. The molecule has 0 aromatic heterocycles. The predicted octanol–water partition coefficient (Wildman–Crippen LogP) is 13.2. The molecule has 1 heteroatoms. The van der Waals surface area contributed by atoms with Crippen molar-refractivity contribution in [2.75, 3.05) is 4.90 Å². The summed E-state index contributed by atoms with van der Waals surface area (Å²) in [6, 6.07) is 60.4. The highest BCUT2D eigenvalue weighted by molar-refractivity contribution is 6.26. The Kier molecular flexibility index (Phi) is 6.33. The van der Waals surface area contributed by atoms with Crippen LogP contribution in [0.3, 0.4) is 0 Å². The quantitative estimate of drug-likeness (QED) is 0.144. The van der Waals surface area contributed by atoms with Gasteiger partial charge in [0.15, 0.2) is 0 Å². The lowest BCUT2D eigenvalue weighted by Crippen LogP contribution is -2.12. The van der Waals surface area contributed by atoms with Gasteiger partial charge in [-0.15, -0.1) is 0 Å². The first-order valence-corrected chi connectivity index (χ1v) is 16.4. The van der Waals surface area contributed by atoms with E-state index in [2.05, 4.69) is 183 Å². The molecule has 0 spiro atoms. The number of aryl methyl sites for hydroxylation is 2. The number of benzene rings is 9. The average molecular weight is 600 g/mol. The fourth-order valence-electron chi connectivity index (χ4n) is 7.58. The van der Waals surface area contributed by atoms with Crippen molar-refractivity contribution in [3.63, 3.8) is 0 Å². The van der Waals surface area contributed by atoms with Gasteiger partial charge in [0.05, 0.1) is 5.69 Å². The van der Waals surface area contributed by atoms with E-state index in [1.165, 1.54) is 81.8 Å². The predicted molar refractivity (Wildman–Crippen MR) is 204 cm³/mol. The summed E-state index contributed by atoms with van der Waals surface area (Å²) in [5.41, 5.74) is 8.52. The number of nitrogens with zero attached hydrogens (tertiary/aromatic N) is 1. The molecule has 47 heavy (non-hydrogen) atoms. The van der Waals surface area contributed by atoms with E-state index >= 15 is 0 Å². The topological polar surface area (TPSA) is 3.24 Å². The molecule has 0 aliphatic carbocycles. The Morgan fingerprint density at radius 3 is 1.40 bits per heavy atom. The van der Waals surface area contributed by atoms with Gasteiger partial charge in [-0.3, -0.25) is 0 Å². The van der Waals surface area contributed by atoms with Crippen molar-refractivity contribution in [2.45, 2.75) is 13.8 Å². The van der Waals surface area contributed by atoms with Crippen LogP contribution in [0.2, 0.25) is 0 Å². The molecule has 222 valence electrons. The second-order valence-electron chi connectivity index (χ2n) is 12.7. The zero-order chi connectivity index (χ0) is 31.5. The number of hydrogen-bond acceptors (Lipinski definition) is 1. The maximum Gasteiger partial charge on any atom is 0.0618 e. The highest BCUT2D eigenvalue weighted by Crippen LogP contribution is 2.50. The second kappa shape index (κ2) is 10.9. The maximum atomic E-state index is 2.46. The molecule has 0 saturated carbocycles. The first-order valence-electron chi connectivity index (χ1n) is 16.4. The zero-order valence-corrected chi connectivity index (χ0v) is 26.5. The fraction of sp³-hybridized carbons (Fsp3) is 0.0435. The Bertz CT molecular complexity index is 2560. The van der Waals surface area contributed by atoms with Crippen molar-refractivity contribution in [2.24, 2.45) is 0 Å². The van der Waals surface area contributed by atoms with Crippen LogP contribution in [0.4, 0.5) is 17.1 Å². The van der Waals surface area contributed by atoms with Crippen LogP contribution >= 0.6 is 0 Å². The number of fused-ring (bicyclic) bond motifs is 6. The van der Waals surface area contributed by atoms with Crippen LogP contribution < -0.4 is 4.90 Å². The van der Waals surface area contributed by atoms with Crippen molar-refractivity contribution >= 4 is 70.9 Å². The minimum absolute atomic E-state index is 1.15. The van der Waals surface area contributed by atoms with Crippen molar-refractivity contribution in [1.82, 2.24) is 0 Å². The van der Waals surface area contributed by atoms with E-state index in [0.717, 1.165) is 11.4 Å². The van der Waals surface area contributed by atoms with Gasteiger partial charge in [-0.05, 0) is 122 Å². The summed E-state index contributed by atoms with van der Waals surface area (Å²) in [5, 5.41) is 12.6. The maximum absolute atomic E-state index is 2.46. The smallest absolute Gasteiger partial charge is 0.0618 e. The molecule has 0 aliphatic heterocycles. The number of anilines is 3. The van der Waals surface area contributed by atoms with E-state index in [1.54, 1.807) is 0 Å². The van der Waals surface area contributed by atoms with Gasteiger partial charge in [0.2, 0.25) is 0 Å². The lowest BCUT2D eigenvalue weighted by Gasteiger charge is -2.30. The Hall–Kier alpha value is -5.92. The molecule has 0 radical (unpaired) electrons. The molecule has 0 unspecified atom stereocenters. The van der Waals surface area contributed by atoms with Crippen molar-refractivity contribution < 1.29 is 0 Å². The molecule has 0 fully saturated rings. The molecule has 9 aromatic rings. The number of hydrogen-bond donors (Lipinski definition) is 0. The van der Waals surface area contributed by atoms with Crippen LogP contribution in [-0.2, 0) is 0 Å². The minimum Gasteiger partial charge on any atom is -0.309 e. The van der Waals surface area contributed by atoms with E-state index < -0.39 is 0 Å². The van der Waals surface area contributed by atoms with Gasteiger partial charge in [-0.1, -0.05) is 121 Å². The molecule has 0 amide bonds. The number of rotatable bonds is 4. The van der Waals surface area contributed by atoms with Crippen LogP contribution in [0, 0.1) is 13.8 Å². The van der Waals surface area contributed by atoms with Crippen molar-refractivity contribution in [3.05, 3.63) is 175 Å². The summed E-state index contributed by atoms with van der Waals surface area (Å²) in [6.07, 6.45) is 0.